The summed E-state index contributed by atoms with van der Waals surface area (Å²) in [6.45, 7) is 2.79. The fourth-order valence-corrected chi connectivity index (χ4v) is 2.12. The molecule has 0 radical (unpaired) electrons. The minimum atomic E-state index is -4.15. The lowest BCUT2D eigenvalue weighted by Crippen LogP contribution is -2.50. The van der Waals surface area contributed by atoms with Gasteiger partial charge in [0.05, 0.1) is 6.61 Å². The highest BCUT2D eigenvalue weighted by Gasteiger charge is 2.49. The topological polar surface area (TPSA) is 55.4 Å². The van der Waals surface area contributed by atoms with Crippen LogP contribution in [0.15, 0.2) is 16.8 Å². The van der Waals surface area contributed by atoms with E-state index in [9.17, 15) is 18.4 Å². The first-order valence-electron chi connectivity index (χ1n) is 5.75. The van der Waals surface area contributed by atoms with Crippen LogP contribution in [0.5, 0.6) is 0 Å². The first kappa shape index (κ1) is 15.6. The van der Waals surface area contributed by atoms with E-state index in [-0.39, 0.29) is 6.61 Å². The number of nitrogens with one attached hydrogen (secondary N) is 1. The van der Waals surface area contributed by atoms with Gasteiger partial charge >= 0.3 is 17.8 Å². The van der Waals surface area contributed by atoms with E-state index in [1.165, 1.54) is 18.3 Å². The average molecular weight is 291 g/mol. The number of carbonyl (C=O) groups excluding carboxylic acids is 2. The number of esters is 1. The molecule has 0 aliphatic rings. The molecule has 0 aliphatic heterocycles. The number of alkyl halides is 2. The molecule has 1 heterocycles. The van der Waals surface area contributed by atoms with Crippen molar-refractivity contribution in [2.75, 3.05) is 6.61 Å². The molecule has 1 amide bonds. The number of carbonyl (C=O) groups is 2. The van der Waals surface area contributed by atoms with Gasteiger partial charge in [0.25, 0.3) is 0 Å². The third-order valence-electron chi connectivity index (χ3n) is 2.32. The summed E-state index contributed by atoms with van der Waals surface area (Å²) in [5.41, 5.74) is 0.942. The van der Waals surface area contributed by atoms with Gasteiger partial charge in [-0.1, -0.05) is 0 Å². The number of hydrogen-bond donors (Lipinski definition) is 1. The molecule has 1 aromatic rings. The van der Waals surface area contributed by atoms with E-state index >= 15 is 0 Å². The zero-order valence-electron chi connectivity index (χ0n) is 10.6. The van der Waals surface area contributed by atoms with Crippen molar-refractivity contribution in [2.45, 2.75) is 32.2 Å². The molecule has 0 aliphatic carbocycles. The van der Waals surface area contributed by atoms with Gasteiger partial charge in [-0.05, 0) is 42.7 Å². The molecule has 0 saturated heterocycles. The number of hydrogen-bond acceptors (Lipinski definition) is 4. The van der Waals surface area contributed by atoms with E-state index in [0.29, 0.717) is 6.42 Å². The van der Waals surface area contributed by atoms with Crippen molar-refractivity contribution in [1.82, 2.24) is 5.32 Å². The van der Waals surface area contributed by atoms with E-state index in [4.69, 9.17) is 0 Å². The summed E-state index contributed by atoms with van der Waals surface area (Å²) in [6.07, 6.45) is 0.425. The maximum absolute atomic E-state index is 13.4. The van der Waals surface area contributed by atoms with Crippen LogP contribution in [0.1, 0.15) is 19.4 Å². The largest absolute Gasteiger partial charge is 0.461 e. The molecule has 0 bridgehead atoms. The predicted octanol–water partition coefficient (Wildman–Crippen LogP) is 1.99. The Balaban J connectivity index is 2.55. The second-order valence-corrected chi connectivity index (χ2v) is 4.79. The van der Waals surface area contributed by atoms with Crippen LogP contribution >= 0.6 is 11.3 Å². The van der Waals surface area contributed by atoms with Gasteiger partial charge < -0.3 is 10.1 Å². The van der Waals surface area contributed by atoms with Crippen molar-refractivity contribution >= 4 is 23.2 Å². The third kappa shape index (κ3) is 4.27. The van der Waals surface area contributed by atoms with Crippen molar-refractivity contribution in [1.29, 1.82) is 0 Å². The summed E-state index contributed by atoms with van der Waals surface area (Å²) in [6, 6.07) is 1.35. The van der Waals surface area contributed by atoms with Crippen molar-refractivity contribution in [3.63, 3.8) is 0 Å². The highest BCUT2D eigenvalue weighted by atomic mass is 32.1. The lowest BCUT2D eigenvalue weighted by atomic mass is 10.1. The molecule has 0 saturated carbocycles. The van der Waals surface area contributed by atoms with Gasteiger partial charge in [0, 0.05) is 6.04 Å². The standard InChI is InChI=1S/C12H15F2NO3S/c1-3-18-11(17)12(13,14)10(16)15-8(2)6-9-4-5-19-7-9/h4-5,7-8H,3,6H2,1-2H3,(H,15,16). The first-order valence-corrected chi connectivity index (χ1v) is 6.69. The van der Waals surface area contributed by atoms with Crippen molar-refractivity contribution in [2.24, 2.45) is 0 Å². The third-order valence-corrected chi connectivity index (χ3v) is 3.05. The van der Waals surface area contributed by atoms with Gasteiger partial charge in [0.1, 0.15) is 0 Å². The van der Waals surface area contributed by atoms with Gasteiger partial charge in [-0.15, -0.1) is 0 Å². The minimum absolute atomic E-state index is 0.202. The molecule has 4 nitrogen and oxygen atoms in total. The van der Waals surface area contributed by atoms with Crippen LogP contribution in [0.25, 0.3) is 0 Å². The molecule has 0 fully saturated rings. The van der Waals surface area contributed by atoms with Crippen molar-refractivity contribution in [3.8, 4) is 0 Å². The molecular weight excluding hydrogens is 276 g/mol. The summed E-state index contributed by atoms with van der Waals surface area (Å²) in [5.74, 6) is -7.61. The van der Waals surface area contributed by atoms with Crippen molar-refractivity contribution in [3.05, 3.63) is 22.4 Å². The predicted molar refractivity (Wildman–Crippen MR) is 67.2 cm³/mol. The van der Waals surface area contributed by atoms with Crippen LogP contribution in [-0.2, 0) is 20.7 Å². The Bertz CT molecular complexity index is 434. The second kappa shape index (κ2) is 6.60. The summed E-state index contributed by atoms with van der Waals surface area (Å²) in [4.78, 5) is 22.3. The first-order chi connectivity index (χ1) is 8.87. The molecule has 1 rings (SSSR count). The van der Waals surface area contributed by atoms with Crippen LogP contribution in [-0.4, -0.2) is 30.4 Å². The molecule has 0 aromatic carbocycles. The van der Waals surface area contributed by atoms with Gasteiger partial charge in [-0.25, -0.2) is 4.79 Å². The second-order valence-electron chi connectivity index (χ2n) is 4.01. The maximum atomic E-state index is 13.4. The van der Waals surface area contributed by atoms with Gasteiger partial charge in [-0.2, -0.15) is 20.1 Å². The van der Waals surface area contributed by atoms with Crippen molar-refractivity contribution < 1.29 is 23.1 Å². The summed E-state index contributed by atoms with van der Waals surface area (Å²) < 4.78 is 30.9. The molecule has 19 heavy (non-hydrogen) atoms. The Morgan fingerprint density at radius 1 is 1.53 bits per heavy atom. The Morgan fingerprint density at radius 3 is 2.74 bits per heavy atom. The molecular formula is C12H15F2NO3S. The lowest BCUT2D eigenvalue weighted by molar-refractivity contribution is -0.177. The Labute approximate surface area is 113 Å². The molecule has 0 spiro atoms. The Kier molecular flexibility index (Phi) is 5.41. The summed E-state index contributed by atoms with van der Waals surface area (Å²) in [5, 5.41) is 5.84. The van der Waals surface area contributed by atoms with E-state index in [2.05, 4.69) is 10.1 Å². The number of rotatable bonds is 6. The van der Waals surface area contributed by atoms with E-state index in [1.807, 2.05) is 16.8 Å². The smallest absolute Gasteiger partial charge is 0.418 e. The highest BCUT2D eigenvalue weighted by molar-refractivity contribution is 7.07. The lowest BCUT2D eigenvalue weighted by Gasteiger charge is -2.18. The monoisotopic (exact) mass is 291 g/mol. The van der Waals surface area contributed by atoms with E-state index in [1.54, 1.807) is 6.92 Å². The fourth-order valence-electron chi connectivity index (χ4n) is 1.44. The zero-order valence-corrected chi connectivity index (χ0v) is 11.4. The molecule has 1 atom stereocenters. The van der Waals surface area contributed by atoms with E-state index in [0.717, 1.165) is 5.56 Å². The highest BCUT2D eigenvalue weighted by Crippen LogP contribution is 2.17. The Morgan fingerprint density at radius 2 is 2.21 bits per heavy atom. The molecule has 1 aromatic heterocycles. The number of ether oxygens (including phenoxy) is 1. The number of halogens is 2. The van der Waals surface area contributed by atoms with Gasteiger partial charge in [0.2, 0.25) is 0 Å². The minimum Gasteiger partial charge on any atom is -0.461 e. The Hall–Kier alpha value is -1.50. The van der Waals surface area contributed by atoms with Gasteiger partial charge in [-0.3, -0.25) is 4.79 Å². The average Bonchev–Trinajstić information content (AvgIpc) is 2.81. The molecule has 1 N–H and O–H groups in total. The molecule has 106 valence electrons. The number of amides is 1. The summed E-state index contributed by atoms with van der Waals surface area (Å²) >= 11 is 1.48. The molecule has 1 unspecified atom stereocenters. The van der Waals surface area contributed by atoms with Crippen LogP contribution in [0.3, 0.4) is 0 Å². The normalized spacial score (nSPS) is 12.8. The fraction of sp³-hybridized carbons (Fsp3) is 0.500. The van der Waals surface area contributed by atoms with Crippen LogP contribution < -0.4 is 5.32 Å². The van der Waals surface area contributed by atoms with E-state index < -0.39 is 23.8 Å². The van der Waals surface area contributed by atoms with Crippen LogP contribution in [0.4, 0.5) is 8.78 Å². The van der Waals surface area contributed by atoms with Crippen LogP contribution in [0, 0.1) is 0 Å². The van der Waals surface area contributed by atoms with Gasteiger partial charge in [0.15, 0.2) is 0 Å². The van der Waals surface area contributed by atoms with Crippen LogP contribution in [0.2, 0.25) is 0 Å². The SMILES string of the molecule is CCOC(=O)C(F)(F)C(=O)NC(C)Cc1ccsc1. The number of thiophene rings is 1. The zero-order chi connectivity index (χ0) is 14.5. The quantitative estimate of drug-likeness (QED) is 0.644. The summed E-state index contributed by atoms with van der Waals surface area (Å²) in [7, 11) is 0. The molecule has 7 heteroatoms. The maximum Gasteiger partial charge on any atom is 0.418 e.